The van der Waals surface area contributed by atoms with Crippen LogP contribution >= 0.6 is 0 Å². The minimum absolute atomic E-state index is 0.265. The molecule has 0 saturated heterocycles. The van der Waals surface area contributed by atoms with E-state index in [0.717, 1.165) is 19.4 Å². The van der Waals surface area contributed by atoms with Crippen LogP contribution in [0.2, 0.25) is 0 Å². The van der Waals surface area contributed by atoms with Crippen LogP contribution in [-0.4, -0.2) is 39.4 Å². The van der Waals surface area contributed by atoms with E-state index in [1.54, 1.807) is 0 Å². The van der Waals surface area contributed by atoms with E-state index in [1.165, 1.54) is 38.5 Å². The number of ether oxygens (including phenoxy) is 3. The molecule has 4 nitrogen and oxygen atoms in total. The van der Waals surface area contributed by atoms with Crippen molar-refractivity contribution in [2.75, 3.05) is 33.4 Å². The molecule has 1 unspecified atom stereocenters. The molecule has 0 aliphatic rings. The Hall–Kier alpha value is -0.160. The van der Waals surface area contributed by atoms with Crippen molar-refractivity contribution in [1.82, 2.24) is 5.32 Å². The van der Waals surface area contributed by atoms with Gasteiger partial charge >= 0.3 is 0 Å². The van der Waals surface area contributed by atoms with Crippen LogP contribution in [-0.2, 0) is 14.2 Å². The lowest BCUT2D eigenvalue weighted by Crippen LogP contribution is -2.47. The van der Waals surface area contributed by atoms with Gasteiger partial charge in [0, 0.05) is 25.7 Å². The van der Waals surface area contributed by atoms with E-state index in [2.05, 4.69) is 12.2 Å². The molecular formula is C19H41NO3. The molecule has 1 N–H and O–H groups in total. The molecule has 140 valence electrons. The fraction of sp³-hybridized carbons (Fsp3) is 1.00. The predicted molar refractivity (Wildman–Crippen MR) is 97.6 cm³/mol. The van der Waals surface area contributed by atoms with Gasteiger partial charge in [-0.3, -0.25) is 0 Å². The zero-order chi connectivity index (χ0) is 17.4. The lowest BCUT2D eigenvalue weighted by atomic mass is 9.94. The first-order valence-corrected chi connectivity index (χ1v) is 9.77. The SMILES string of the molecule is CCCCCCCCC(CCNC)C(OCC)(OCC)OCC. The van der Waals surface area contributed by atoms with Gasteiger partial charge in [-0.05, 0) is 47.2 Å². The Morgan fingerprint density at radius 3 is 1.74 bits per heavy atom. The topological polar surface area (TPSA) is 39.7 Å². The van der Waals surface area contributed by atoms with E-state index >= 15 is 0 Å². The Morgan fingerprint density at radius 2 is 1.26 bits per heavy atom. The number of hydrogen-bond donors (Lipinski definition) is 1. The van der Waals surface area contributed by atoms with E-state index in [1.807, 2.05) is 27.8 Å². The summed E-state index contributed by atoms with van der Waals surface area (Å²) in [5.74, 6) is -0.612. The van der Waals surface area contributed by atoms with Gasteiger partial charge in [0.15, 0.2) is 0 Å². The molecule has 0 fully saturated rings. The number of rotatable bonds is 17. The minimum atomic E-state index is -0.876. The van der Waals surface area contributed by atoms with E-state index in [9.17, 15) is 0 Å². The van der Waals surface area contributed by atoms with Crippen molar-refractivity contribution in [3.8, 4) is 0 Å². The van der Waals surface area contributed by atoms with Crippen molar-refractivity contribution in [1.29, 1.82) is 0 Å². The Labute approximate surface area is 144 Å². The molecule has 1 atom stereocenters. The highest BCUT2D eigenvalue weighted by molar-refractivity contribution is 4.73. The summed E-state index contributed by atoms with van der Waals surface area (Å²) < 4.78 is 18.0. The van der Waals surface area contributed by atoms with Crippen LogP contribution in [0.1, 0.15) is 79.1 Å². The summed E-state index contributed by atoms with van der Waals surface area (Å²) in [5, 5.41) is 3.25. The molecule has 0 heterocycles. The second-order valence-electron chi connectivity index (χ2n) is 6.05. The number of nitrogens with one attached hydrogen (secondary N) is 1. The maximum atomic E-state index is 5.99. The molecule has 0 radical (unpaired) electrons. The van der Waals surface area contributed by atoms with Crippen LogP contribution in [0.25, 0.3) is 0 Å². The van der Waals surface area contributed by atoms with E-state index in [0.29, 0.717) is 19.8 Å². The Balaban J connectivity index is 4.68. The van der Waals surface area contributed by atoms with Gasteiger partial charge in [-0.25, -0.2) is 0 Å². The van der Waals surface area contributed by atoms with Crippen LogP contribution in [0.3, 0.4) is 0 Å². The van der Waals surface area contributed by atoms with Crippen LogP contribution in [0.5, 0.6) is 0 Å². The molecule has 0 amide bonds. The van der Waals surface area contributed by atoms with Crippen molar-refractivity contribution in [2.45, 2.75) is 85.0 Å². The van der Waals surface area contributed by atoms with Crippen molar-refractivity contribution >= 4 is 0 Å². The van der Waals surface area contributed by atoms with Gasteiger partial charge in [0.25, 0.3) is 5.97 Å². The molecule has 0 bridgehead atoms. The molecule has 0 aliphatic heterocycles. The summed E-state index contributed by atoms with van der Waals surface area (Å²) in [6.45, 7) is 11.0. The summed E-state index contributed by atoms with van der Waals surface area (Å²) >= 11 is 0. The van der Waals surface area contributed by atoms with Crippen LogP contribution in [0, 0.1) is 5.92 Å². The third kappa shape index (κ3) is 9.65. The molecule has 23 heavy (non-hydrogen) atoms. The van der Waals surface area contributed by atoms with Gasteiger partial charge in [-0.2, -0.15) is 0 Å². The van der Waals surface area contributed by atoms with Gasteiger partial charge < -0.3 is 19.5 Å². The Bertz CT molecular complexity index is 232. The van der Waals surface area contributed by atoms with Crippen molar-refractivity contribution in [3.05, 3.63) is 0 Å². The predicted octanol–water partition coefficient (Wildman–Crippen LogP) is 4.73. The van der Waals surface area contributed by atoms with Crippen LogP contribution in [0.4, 0.5) is 0 Å². The first-order valence-electron chi connectivity index (χ1n) is 9.77. The fourth-order valence-electron chi connectivity index (χ4n) is 3.07. The highest BCUT2D eigenvalue weighted by Gasteiger charge is 2.41. The molecular weight excluding hydrogens is 290 g/mol. The maximum absolute atomic E-state index is 5.99. The molecule has 0 rings (SSSR count). The number of unbranched alkanes of at least 4 members (excludes halogenated alkanes) is 5. The summed E-state index contributed by atoms with van der Waals surface area (Å²) in [6.07, 6.45) is 9.93. The standard InChI is InChI=1S/C19H41NO3/c1-6-10-11-12-13-14-15-18(16-17-20-5)19(21-7-2,22-8-3)23-9-4/h18,20H,6-17H2,1-5H3. The van der Waals surface area contributed by atoms with E-state index in [-0.39, 0.29) is 5.92 Å². The Kier molecular flexibility index (Phi) is 15.3. The minimum Gasteiger partial charge on any atom is -0.328 e. The van der Waals surface area contributed by atoms with Crippen molar-refractivity contribution in [2.24, 2.45) is 5.92 Å². The molecule has 0 saturated carbocycles. The van der Waals surface area contributed by atoms with Gasteiger partial charge in [0.1, 0.15) is 0 Å². The van der Waals surface area contributed by atoms with Gasteiger partial charge in [-0.15, -0.1) is 0 Å². The summed E-state index contributed by atoms with van der Waals surface area (Å²) in [5.41, 5.74) is 0. The van der Waals surface area contributed by atoms with E-state index < -0.39 is 5.97 Å². The third-order valence-corrected chi connectivity index (χ3v) is 4.19. The molecule has 0 aliphatic carbocycles. The largest absolute Gasteiger partial charge is 0.328 e. The summed E-state index contributed by atoms with van der Waals surface area (Å²) in [4.78, 5) is 0. The highest BCUT2D eigenvalue weighted by Crippen LogP contribution is 2.33. The number of hydrogen-bond acceptors (Lipinski definition) is 4. The van der Waals surface area contributed by atoms with Crippen molar-refractivity contribution in [3.63, 3.8) is 0 Å². The van der Waals surface area contributed by atoms with Gasteiger partial charge in [0.05, 0.1) is 0 Å². The maximum Gasteiger partial charge on any atom is 0.285 e. The molecule has 0 aromatic rings. The quantitative estimate of drug-likeness (QED) is 0.309. The fourth-order valence-corrected chi connectivity index (χ4v) is 3.07. The van der Waals surface area contributed by atoms with Crippen molar-refractivity contribution < 1.29 is 14.2 Å². The second-order valence-corrected chi connectivity index (χ2v) is 6.05. The molecule has 4 heteroatoms. The first kappa shape index (κ1) is 22.8. The van der Waals surface area contributed by atoms with Crippen LogP contribution < -0.4 is 5.32 Å². The first-order chi connectivity index (χ1) is 11.2. The smallest absolute Gasteiger partial charge is 0.285 e. The monoisotopic (exact) mass is 331 g/mol. The normalized spacial score (nSPS) is 13.4. The average Bonchev–Trinajstić information content (AvgIpc) is 2.54. The Morgan fingerprint density at radius 1 is 0.739 bits per heavy atom. The molecule has 0 spiro atoms. The lowest BCUT2D eigenvalue weighted by molar-refractivity contribution is -0.403. The molecule has 0 aromatic heterocycles. The zero-order valence-corrected chi connectivity index (χ0v) is 16.3. The van der Waals surface area contributed by atoms with Crippen LogP contribution in [0.15, 0.2) is 0 Å². The highest BCUT2D eigenvalue weighted by atomic mass is 16.9. The van der Waals surface area contributed by atoms with E-state index in [4.69, 9.17) is 14.2 Å². The zero-order valence-electron chi connectivity index (χ0n) is 16.3. The lowest BCUT2D eigenvalue weighted by Gasteiger charge is -2.39. The average molecular weight is 332 g/mol. The van der Waals surface area contributed by atoms with Gasteiger partial charge in [0.2, 0.25) is 0 Å². The molecule has 0 aromatic carbocycles. The van der Waals surface area contributed by atoms with Gasteiger partial charge in [-0.1, -0.05) is 45.4 Å². The third-order valence-electron chi connectivity index (χ3n) is 4.19. The second kappa shape index (κ2) is 15.4. The summed E-state index contributed by atoms with van der Waals surface area (Å²) in [6, 6.07) is 0. The summed E-state index contributed by atoms with van der Waals surface area (Å²) in [7, 11) is 1.99.